The highest BCUT2D eigenvalue weighted by Crippen LogP contribution is 2.21. The highest BCUT2D eigenvalue weighted by molar-refractivity contribution is 5.73. The van der Waals surface area contributed by atoms with Crippen LogP contribution in [0.2, 0.25) is 0 Å². The normalized spacial score (nSPS) is 10.2. The van der Waals surface area contributed by atoms with E-state index in [1.165, 1.54) is 12.7 Å². The van der Waals surface area contributed by atoms with Gasteiger partial charge in [0, 0.05) is 5.56 Å². The minimum Gasteiger partial charge on any atom is -0.508 e. The van der Waals surface area contributed by atoms with Gasteiger partial charge in [-0.25, -0.2) is 0 Å². The molecule has 0 aliphatic carbocycles. The van der Waals surface area contributed by atoms with Crippen LogP contribution in [-0.4, -0.2) is 18.2 Å². The van der Waals surface area contributed by atoms with Gasteiger partial charge in [0.15, 0.2) is 0 Å². The first-order valence-corrected chi connectivity index (χ1v) is 6.10. The summed E-state index contributed by atoms with van der Waals surface area (Å²) in [6, 6.07) is 15.4. The minimum atomic E-state index is -0.355. The number of carbonyl (C=O) groups excluding carboxylic acids is 1. The molecule has 0 aromatic heterocycles. The summed E-state index contributed by atoms with van der Waals surface area (Å²) in [5, 5.41) is 9.91. The van der Waals surface area contributed by atoms with Gasteiger partial charge in [0.05, 0.1) is 13.5 Å². The molecule has 0 fully saturated rings. The molecule has 0 amide bonds. The van der Waals surface area contributed by atoms with Gasteiger partial charge >= 0.3 is 5.97 Å². The molecule has 0 unspecified atom stereocenters. The molecule has 1 N–H and O–H groups in total. The van der Waals surface area contributed by atoms with E-state index in [0.717, 1.165) is 12.0 Å². The van der Waals surface area contributed by atoms with Crippen LogP contribution in [0.5, 0.6) is 5.75 Å². The summed E-state index contributed by atoms with van der Waals surface area (Å²) in [5.41, 5.74) is 2.78. The summed E-state index contributed by atoms with van der Waals surface area (Å²) in [5.74, 6) is -0.218. The first-order valence-electron chi connectivity index (χ1n) is 6.10. The molecule has 0 saturated heterocycles. The van der Waals surface area contributed by atoms with E-state index in [1.54, 1.807) is 12.1 Å². The summed E-state index contributed by atoms with van der Waals surface area (Å²) in [4.78, 5) is 11.2. The maximum absolute atomic E-state index is 11.2. The molecule has 0 aliphatic rings. The lowest BCUT2D eigenvalue weighted by Crippen LogP contribution is -2.04. The topological polar surface area (TPSA) is 46.5 Å². The average Bonchev–Trinajstić information content (AvgIpc) is 2.43. The molecule has 0 spiro atoms. The van der Waals surface area contributed by atoms with Crippen molar-refractivity contribution in [2.45, 2.75) is 12.8 Å². The number of ether oxygens (including phenoxy) is 1. The lowest BCUT2D eigenvalue weighted by atomic mass is 10.0. The number of hydrogen-bond donors (Lipinski definition) is 1. The Labute approximate surface area is 112 Å². The quantitative estimate of drug-likeness (QED) is 0.855. The standard InChI is InChI=1S/C16H16O3/c1-19-16(18)11-14-8-7-13(10-15(14)17)9-12-5-3-2-4-6-12/h2-8,10,17H,9,11H2,1H3. The van der Waals surface area contributed by atoms with Crippen molar-refractivity contribution in [2.75, 3.05) is 7.11 Å². The molecule has 2 rings (SSSR count). The summed E-state index contributed by atoms with van der Waals surface area (Å²) >= 11 is 0. The molecule has 0 radical (unpaired) electrons. The number of carbonyl (C=O) groups is 1. The Morgan fingerprint density at radius 3 is 2.47 bits per heavy atom. The number of aromatic hydroxyl groups is 1. The molecule has 3 heteroatoms. The Hall–Kier alpha value is -2.29. The minimum absolute atomic E-state index is 0.0912. The molecule has 0 saturated carbocycles. The zero-order chi connectivity index (χ0) is 13.7. The maximum atomic E-state index is 11.2. The number of rotatable bonds is 4. The van der Waals surface area contributed by atoms with Gasteiger partial charge in [0.2, 0.25) is 0 Å². The predicted octanol–water partition coefficient (Wildman–Crippen LogP) is 2.70. The van der Waals surface area contributed by atoms with E-state index >= 15 is 0 Å². The molecule has 0 bridgehead atoms. The van der Waals surface area contributed by atoms with Crippen molar-refractivity contribution >= 4 is 5.97 Å². The second kappa shape index (κ2) is 6.05. The SMILES string of the molecule is COC(=O)Cc1ccc(Cc2ccccc2)cc1O. The average molecular weight is 256 g/mol. The number of phenols is 1. The molecule has 3 nitrogen and oxygen atoms in total. The third-order valence-electron chi connectivity index (χ3n) is 2.96. The van der Waals surface area contributed by atoms with E-state index in [-0.39, 0.29) is 18.1 Å². The monoisotopic (exact) mass is 256 g/mol. The molecule has 0 atom stereocenters. The Kier molecular flexibility index (Phi) is 4.18. The lowest BCUT2D eigenvalue weighted by molar-refractivity contribution is -0.139. The van der Waals surface area contributed by atoms with Crippen molar-refractivity contribution in [1.29, 1.82) is 0 Å². The lowest BCUT2D eigenvalue weighted by Gasteiger charge is -2.07. The fourth-order valence-electron chi connectivity index (χ4n) is 1.93. The Bertz CT molecular complexity index is 561. The van der Waals surface area contributed by atoms with Gasteiger partial charge in [0.25, 0.3) is 0 Å². The second-order valence-electron chi connectivity index (χ2n) is 4.38. The van der Waals surface area contributed by atoms with Crippen LogP contribution in [0.4, 0.5) is 0 Å². The molecule has 0 aliphatic heterocycles. The number of esters is 1. The van der Waals surface area contributed by atoms with Crippen LogP contribution >= 0.6 is 0 Å². The molecular weight excluding hydrogens is 240 g/mol. The number of benzene rings is 2. The predicted molar refractivity (Wildman–Crippen MR) is 73.1 cm³/mol. The van der Waals surface area contributed by atoms with Crippen molar-refractivity contribution in [3.05, 3.63) is 65.2 Å². The van der Waals surface area contributed by atoms with Crippen molar-refractivity contribution < 1.29 is 14.6 Å². The van der Waals surface area contributed by atoms with Crippen LogP contribution in [0.15, 0.2) is 48.5 Å². The van der Waals surface area contributed by atoms with Gasteiger partial charge in [-0.1, -0.05) is 42.5 Å². The van der Waals surface area contributed by atoms with Gasteiger partial charge in [-0.15, -0.1) is 0 Å². The Morgan fingerprint density at radius 2 is 1.84 bits per heavy atom. The zero-order valence-corrected chi connectivity index (χ0v) is 10.8. The fraction of sp³-hybridized carbons (Fsp3) is 0.188. The molecule has 19 heavy (non-hydrogen) atoms. The van der Waals surface area contributed by atoms with Crippen LogP contribution in [0.25, 0.3) is 0 Å². The van der Waals surface area contributed by atoms with E-state index in [9.17, 15) is 9.90 Å². The largest absolute Gasteiger partial charge is 0.508 e. The second-order valence-corrected chi connectivity index (χ2v) is 4.38. The first-order chi connectivity index (χ1) is 9.19. The van der Waals surface area contributed by atoms with Gasteiger partial charge in [0.1, 0.15) is 5.75 Å². The third kappa shape index (κ3) is 3.58. The Morgan fingerprint density at radius 1 is 1.11 bits per heavy atom. The summed E-state index contributed by atoms with van der Waals surface area (Å²) < 4.78 is 4.58. The molecular formula is C16H16O3. The molecule has 0 heterocycles. The van der Waals surface area contributed by atoms with Crippen molar-refractivity contribution in [3.8, 4) is 5.75 Å². The van der Waals surface area contributed by atoms with Gasteiger partial charge in [-0.2, -0.15) is 0 Å². The van der Waals surface area contributed by atoms with Crippen molar-refractivity contribution in [2.24, 2.45) is 0 Å². The van der Waals surface area contributed by atoms with E-state index < -0.39 is 0 Å². The summed E-state index contributed by atoms with van der Waals surface area (Å²) in [6.07, 6.45) is 0.848. The maximum Gasteiger partial charge on any atom is 0.310 e. The van der Waals surface area contributed by atoms with Gasteiger partial charge in [-0.05, 0) is 23.6 Å². The molecule has 2 aromatic carbocycles. The number of phenolic OH excluding ortho intramolecular Hbond substituents is 1. The van der Waals surface area contributed by atoms with Crippen LogP contribution in [-0.2, 0) is 22.4 Å². The van der Waals surface area contributed by atoms with Crippen LogP contribution in [0.1, 0.15) is 16.7 Å². The van der Waals surface area contributed by atoms with Crippen LogP contribution in [0.3, 0.4) is 0 Å². The third-order valence-corrected chi connectivity index (χ3v) is 2.96. The van der Waals surface area contributed by atoms with Crippen LogP contribution in [0, 0.1) is 0 Å². The molecule has 2 aromatic rings. The van der Waals surface area contributed by atoms with Gasteiger partial charge in [-0.3, -0.25) is 4.79 Å². The summed E-state index contributed by atoms with van der Waals surface area (Å²) in [6.45, 7) is 0. The van der Waals surface area contributed by atoms with Crippen molar-refractivity contribution in [3.63, 3.8) is 0 Å². The smallest absolute Gasteiger partial charge is 0.310 e. The zero-order valence-electron chi connectivity index (χ0n) is 10.8. The highest BCUT2D eigenvalue weighted by atomic mass is 16.5. The first kappa shape index (κ1) is 13.1. The van der Waals surface area contributed by atoms with Gasteiger partial charge < -0.3 is 9.84 Å². The van der Waals surface area contributed by atoms with E-state index in [1.807, 2.05) is 36.4 Å². The van der Waals surface area contributed by atoms with Crippen molar-refractivity contribution in [1.82, 2.24) is 0 Å². The Balaban J connectivity index is 2.13. The van der Waals surface area contributed by atoms with Crippen LogP contribution < -0.4 is 0 Å². The number of methoxy groups -OCH3 is 1. The fourth-order valence-corrected chi connectivity index (χ4v) is 1.93. The van der Waals surface area contributed by atoms with E-state index in [2.05, 4.69) is 4.74 Å². The highest BCUT2D eigenvalue weighted by Gasteiger charge is 2.08. The van der Waals surface area contributed by atoms with E-state index in [4.69, 9.17) is 0 Å². The molecule has 98 valence electrons. The number of hydrogen-bond acceptors (Lipinski definition) is 3. The summed E-state index contributed by atoms with van der Waals surface area (Å²) in [7, 11) is 1.34. The van der Waals surface area contributed by atoms with E-state index in [0.29, 0.717) is 5.56 Å².